The first-order valence-electron chi connectivity index (χ1n) is 7.97. The van der Waals surface area contributed by atoms with Crippen LogP contribution in [0.15, 0.2) is 4.99 Å². The van der Waals surface area contributed by atoms with E-state index in [4.69, 9.17) is 0 Å². The van der Waals surface area contributed by atoms with Crippen LogP contribution in [0, 0.1) is 11.8 Å². The van der Waals surface area contributed by atoms with Crippen LogP contribution in [0.4, 0.5) is 0 Å². The van der Waals surface area contributed by atoms with Gasteiger partial charge < -0.3 is 9.80 Å². The van der Waals surface area contributed by atoms with E-state index in [1.807, 2.05) is 0 Å². The zero-order valence-electron chi connectivity index (χ0n) is 13.7. The Morgan fingerprint density at radius 1 is 1.05 bits per heavy atom. The highest BCUT2D eigenvalue weighted by molar-refractivity contribution is 5.81. The van der Waals surface area contributed by atoms with E-state index in [2.05, 4.69) is 49.4 Å². The van der Waals surface area contributed by atoms with E-state index in [0.29, 0.717) is 0 Å². The monoisotopic (exact) mass is 267 g/mol. The molecule has 0 aliphatic carbocycles. The number of aliphatic imine (C=N–C) groups is 1. The maximum Gasteiger partial charge on any atom is 0.0959 e. The second kappa shape index (κ2) is 8.57. The standard InChI is InChI=1S/C16H33N3/c1-14(2)6-9-18(10-7-15(3)4)12-13-19-11-8-17-16(19)5/h14-15H,6-13H2,1-5H3. The lowest BCUT2D eigenvalue weighted by Gasteiger charge is -2.27. The smallest absolute Gasteiger partial charge is 0.0959 e. The van der Waals surface area contributed by atoms with Crippen LogP contribution in [0.25, 0.3) is 0 Å². The van der Waals surface area contributed by atoms with Gasteiger partial charge in [-0.05, 0) is 44.7 Å². The van der Waals surface area contributed by atoms with Crippen molar-refractivity contribution in [1.29, 1.82) is 0 Å². The van der Waals surface area contributed by atoms with Gasteiger partial charge in [0.05, 0.1) is 12.4 Å². The van der Waals surface area contributed by atoms with Crippen molar-refractivity contribution >= 4 is 5.84 Å². The molecule has 0 saturated heterocycles. The molecule has 0 unspecified atom stereocenters. The number of nitrogens with zero attached hydrogens (tertiary/aromatic N) is 3. The molecule has 19 heavy (non-hydrogen) atoms. The van der Waals surface area contributed by atoms with E-state index in [0.717, 1.165) is 31.5 Å². The van der Waals surface area contributed by atoms with Crippen molar-refractivity contribution in [2.45, 2.75) is 47.5 Å². The minimum Gasteiger partial charge on any atom is -0.357 e. The van der Waals surface area contributed by atoms with Crippen molar-refractivity contribution in [3.63, 3.8) is 0 Å². The van der Waals surface area contributed by atoms with Crippen LogP contribution in [0.3, 0.4) is 0 Å². The third kappa shape index (κ3) is 6.95. The van der Waals surface area contributed by atoms with Crippen LogP contribution >= 0.6 is 0 Å². The van der Waals surface area contributed by atoms with Gasteiger partial charge in [0.15, 0.2) is 0 Å². The van der Waals surface area contributed by atoms with Gasteiger partial charge in [-0.2, -0.15) is 0 Å². The SMILES string of the molecule is CC1=NCCN1CCN(CCC(C)C)CCC(C)C. The third-order valence-electron chi connectivity index (χ3n) is 3.90. The Kier molecular flexibility index (Phi) is 7.44. The van der Waals surface area contributed by atoms with E-state index in [1.165, 1.54) is 38.3 Å². The van der Waals surface area contributed by atoms with Crippen LogP contribution in [0.5, 0.6) is 0 Å². The molecule has 0 aromatic rings. The highest BCUT2D eigenvalue weighted by Crippen LogP contribution is 2.08. The Labute approximate surface area is 120 Å². The third-order valence-corrected chi connectivity index (χ3v) is 3.90. The molecule has 0 saturated carbocycles. The molecule has 0 fully saturated rings. The Hall–Kier alpha value is -0.570. The molecule has 1 aliphatic rings. The number of rotatable bonds is 9. The summed E-state index contributed by atoms with van der Waals surface area (Å²) in [5.41, 5.74) is 0. The topological polar surface area (TPSA) is 18.8 Å². The molecule has 0 spiro atoms. The average molecular weight is 267 g/mol. The van der Waals surface area contributed by atoms with Gasteiger partial charge in [0.1, 0.15) is 0 Å². The van der Waals surface area contributed by atoms with E-state index in [-0.39, 0.29) is 0 Å². The Bertz CT molecular complexity index is 259. The molecule has 0 N–H and O–H groups in total. The number of hydrogen-bond acceptors (Lipinski definition) is 3. The fraction of sp³-hybridized carbons (Fsp3) is 0.938. The normalized spacial score (nSPS) is 16.0. The van der Waals surface area contributed by atoms with E-state index >= 15 is 0 Å². The van der Waals surface area contributed by atoms with Crippen LogP contribution in [0.2, 0.25) is 0 Å². The van der Waals surface area contributed by atoms with Crippen LogP contribution < -0.4 is 0 Å². The second-order valence-corrected chi connectivity index (χ2v) is 6.62. The summed E-state index contributed by atoms with van der Waals surface area (Å²) in [6.07, 6.45) is 2.62. The second-order valence-electron chi connectivity index (χ2n) is 6.62. The number of hydrogen-bond donors (Lipinski definition) is 0. The molecule has 0 amide bonds. The molecule has 0 aromatic carbocycles. The first kappa shape index (κ1) is 16.5. The summed E-state index contributed by atoms with van der Waals surface area (Å²) < 4.78 is 0. The lowest BCUT2D eigenvalue weighted by atomic mass is 10.1. The molecular formula is C16H33N3. The molecular weight excluding hydrogens is 234 g/mol. The van der Waals surface area contributed by atoms with E-state index in [1.54, 1.807) is 0 Å². The maximum absolute atomic E-state index is 4.47. The van der Waals surface area contributed by atoms with E-state index in [9.17, 15) is 0 Å². The summed E-state index contributed by atoms with van der Waals surface area (Å²) in [7, 11) is 0. The Balaban J connectivity index is 2.32. The van der Waals surface area contributed by atoms with E-state index < -0.39 is 0 Å². The molecule has 112 valence electrons. The molecule has 0 atom stereocenters. The first-order valence-corrected chi connectivity index (χ1v) is 7.97. The molecule has 3 heteroatoms. The van der Waals surface area contributed by atoms with Gasteiger partial charge in [-0.25, -0.2) is 0 Å². The van der Waals surface area contributed by atoms with Crippen molar-refractivity contribution in [3.8, 4) is 0 Å². The average Bonchev–Trinajstić information content (AvgIpc) is 2.73. The lowest BCUT2D eigenvalue weighted by Crippen LogP contribution is -2.37. The maximum atomic E-state index is 4.47. The Morgan fingerprint density at radius 2 is 1.63 bits per heavy atom. The van der Waals surface area contributed by atoms with Gasteiger partial charge in [-0.15, -0.1) is 0 Å². The highest BCUT2D eigenvalue weighted by atomic mass is 15.3. The van der Waals surface area contributed by atoms with Crippen LogP contribution in [-0.2, 0) is 0 Å². The minimum atomic E-state index is 0.802. The lowest BCUT2D eigenvalue weighted by molar-refractivity contribution is 0.226. The predicted octanol–water partition coefficient (Wildman–Crippen LogP) is 3.11. The minimum absolute atomic E-state index is 0.802. The van der Waals surface area contributed by atoms with Crippen molar-refractivity contribution in [2.75, 3.05) is 39.3 Å². The molecule has 0 radical (unpaired) electrons. The predicted molar refractivity (Wildman–Crippen MR) is 84.9 cm³/mol. The van der Waals surface area contributed by atoms with Crippen molar-refractivity contribution < 1.29 is 0 Å². The summed E-state index contributed by atoms with van der Waals surface area (Å²) in [5, 5.41) is 0. The van der Waals surface area contributed by atoms with Crippen molar-refractivity contribution in [3.05, 3.63) is 0 Å². The molecule has 1 rings (SSSR count). The van der Waals surface area contributed by atoms with Gasteiger partial charge in [0.2, 0.25) is 0 Å². The molecule has 0 aromatic heterocycles. The zero-order chi connectivity index (χ0) is 14.3. The molecule has 1 aliphatic heterocycles. The van der Waals surface area contributed by atoms with Gasteiger partial charge >= 0.3 is 0 Å². The largest absolute Gasteiger partial charge is 0.357 e. The van der Waals surface area contributed by atoms with Gasteiger partial charge in [-0.3, -0.25) is 4.99 Å². The zero-order valence-corrected chi connectivity index (χ0v) is 13.7. The summed E-state index contributed by atoms with van der Waals surface area (Å²) in [4.78, 5) is 9.54. The fourth-order valence-electron chi connectivity index (χ4n) is 2.35. The number of amidine groups is 1. The summed E-state index contributed by atoms with van der Waals surface area (Å²) in [6.45, 7) is 18.3. The molecule has 1 heterocycles. The summed E-state index contributed by atoms with van der Waals surface area (Å²) in [6, 6.07) is 0. The summed E-state index contributed by atoms with van der Waals surface area (Å²) >= 11 is 0. The quantitative estimate of drug-likeness (QED) is 0.639. The van der Waals surface area contributed by atoms with Crippen LogP contribution in [0.1, 0.15) is 47.5 Å². The van der Waals surface area contributed by atoms with Gasteiger partial charge in [0.25, 0.3) is 0 Å². The fourth-order valence-corrected chi connectivity index (χ4v) is 2.35. The highest BCUT2D eigenvalue weighted by Gasteiger charge is 2.14. The van der Waals surface area contributed by atoms with Gasteiger partial charge in [-0.1, -0.05) is 27.7 Å². The van der Waals surface area contributed by atoms with Crippen molar-refractivity contribution in [1.82, 2.24) is 9.80 Å². The van der Waals surface area contributed by atoms with Gasteiger partial charge in [0, 0.05) is 19.6 Å². The summed E-state index contributed by atoms with van der Waals surface area (Å²) in [5.74, 6) is 2.83. The van der Waals surface area contributed by atoms with Crippen molar-refractivity contribution in [2.24, 2.45) is 16.8 Å². The molecule has 3 nitrogen and oxygen atoms in total. The molecule has 0 bridgehead atoms. The van der Waals surface area contributed by atoms with Crippen LogP contribution in [-0.4, -0.2) is 54.9 Å². The Morgan fingerprint density at radius 3 is 2.05 bits per heavy atom. The first-order chi connectivity index (χ1) is 8.99.